The number of esters is 3. The highest BCUT2D eigenvalue weighted by Crippen LogP contribution is 2.18. The van der Waals surface area contributed by atoms with Crippen molar-refractivity contribution in [1.82, 2.24) is 0 Å². The van der Waals surface area contributed by atoms with Crippen LogP contribution < -0.4 is 0 Å². The summed E-state index contributed by atoms with van der Waals surface area (Å²) in [6.45, 7) is 6.71. The number of carbonyl (C=O) groups excluding carboxylic acids is 3. The van der Waals surface area contributed by atoms with Crippen molar-refractivity contribution < 1.29 is 28.6 Å². The van der Waals surface area contributed by atoms with Gasteiger partial charge in [0.1, 0.15) is 13.2 Å². The van der Waals surface area contributed by atoms with Gasteiger partial charge >= 0.3 is 17.9 Å². The van der Waals surface area contributed by atoms with Crippen LogP contribution in [0.15, 0.2) is 12.2 Å². The van der Waals surface area contributed by atoms with Gasteiger partial charge in [0.25, 0.3) is 0 Å². The molecule has 438 valence electrons. The van der Waals surface area contributed by atoms with Crippen LogP contribution in [0.5, 0.6) is 0 Å². The summed E-state index contributed by atoms with van der Waals surface area (Å²) in [4.78, 5) is 38.3. The number of ether oxygens (including phenoxy) is 3. The Kier molecular flexibility index (Phi) is 62.1. The quantitative estimate of drug-likeness (QED) is 0.0261. The van der Waals surface area contributed by atoms with Crippen molar-refractivity contribution in [3.05, 3.63) is 12.2 Å². The van der Waals surface area contributed by atoms with Crippen molar-refractivity contribution in [2.24, 2.45) is 0 Å². The van der Waals surface area contributed by atoms with Crippen LogP contribution in [-0.2, 0) is 28.6 Å². The summed E-state index contributed by atoms with van der Waals surface area (Å²) in [6.07, 6.45) is 75.3. The lowest BCUT2D eigenvalue weighted by molar-refractivity contribution is -0.167. The molecular weight excluding hydrogens is 913 g/mol. The lowest BCUT2D eigenvalue weighted by Crippen LogP contribution is -2.30. The van der Waals surface area contributed by atoms with Gasteiger partial charge in [-0.25, -0.2) is 0 Å². The molecular formula is C68H130O6. The maximum absolute atomic E-state index is 12.9. The number of unbranched alkanes of at least 4 members (excludes halogenated alkanes) is 50. The van der Waals surface area contributed by atoms with Crippen molar-refractivity contribution >= 4 is 17.9 Å². The summed E-state index contributed by atoms with van der Waals surface area (Å²) in [5, 5.41) is 0. The van der Waals surface area contributed by atoms with Crippen molar-refractivity contribution in [2.45, 2.75) is 393 Å². The van der Waals surface area contributed by atoms with Crippen LogP contribution in [0.2, 0.25) is 0 Å². The Balaban J connectivity index is 4.16. The Labute approximate surface area is 462 Å². The molecule has 0 aromatic rings. The molecule has 1 atom stereocenters. The number of hydrogen-bond donors (Lipinski definition) is 0. The van der Waals surface area contributed by atoms with Crippen molar-refractivity contribution in [3.8, 4) is 0 Å². The molecule has 0 aliphatic heterocycles. The first kappa shape index (κ1) is 72.2. The smallest absolute Gasteiger partial charge is 0.306 e. The Bertz CT molecular complexity index is 1150. The highest BCUT2D eigenvalue weighted by molar-refractivity contribution is 5.71. The zero-order valence-electron chi connectivity index (χ0n) is 50.4. The van der Waals surface area contributed by atoms with E-state index in [1.54, 1.807) is 0 Å². The Morgan fingerprint density at radius 1 is 0.257 bits per heavy atom. The van der Waals surface area contributed by atoms with Gasteiger partial charge in [0.2, 0.25) is 0 Å². The zero-order valence-corrected chi connectivity index (χ0v) is 50.4. The van der Waals surface area contributed by atoms with Crippen LogP contribution in [0.1, 0.15) is 387 Å². The van der Waals surface area contributed by atoms with E-state index in [1.807, 2.05) is 0 Å². The third-order valence-corrected chi connectivity index (χ3v) is 15.5. The molecule has 6 nitrogen and oxygen atoms in total. The average molecular weight is 1040 g/mol. The molecule has 6 heteroatoms. The van der Waals surface area contributed by atoms with Gasteiger partial charge in [-0.05, 0) is 44.9 Å². The highest BCUT2D eigenvalue weighted by Gasteiger charge is 2.19. The molecule has 0 saturated heterocycles. The van der Waals surface area contributed by atoms with Gasteiger partial charge < -0.3 is 14.2 Å². The molecule has 0 heterocycles. The van der Waals surface area contributed by atoms with Crippen LogP contribution in [0, 0.1) is 0 Å². The highest BCUT2D eigenvalue weighted by atomic mass is 16.6. The van der Waals surface area contributed by atoms with Crippen LogP contribution >= 0.6 is 0 Å². The summed E-state index contributed by atoms with van der Waals surface area (Å²) in [6, 6.07) is 0. The van der Waals surface area contributed by atoms with Gasteiger partial charge in [-0.3, -0.25) is 14.4 Å². The fourth-order valence-electron chi connectivity index (χ4n) is 10.4. The zero-order chi connectivity index (χ0) is 53.6. The Morgan fingerprint density at radius 2 is 0.446 bits per heavy atom. The normalized spacial score (nSPS) is 12.0. The first-order valence-corrected chi connectivity index (χ1v) is 33.7. The standard InChI is InChI=1S/C68H130O6/c1-4-7-10-13-16-19-22-24-26-28-30-32-34-36-38-40-42-44-46-49-52-55-58-61-67(70)73-64-65(63-72-66(69)60-57-54-51-48-21-18-15-12-9-6-3)74-68(71)62-59-56-53-50-47-45-43-41-39-37-35-33-31-29-27-25-23-20-17-14-11-8-5-2/h28,30,65H,4-27,29,31-64H2,1-3H3/b30-28-. The molecule has 0 radical (unpaired) electrons. The molecule has 74 heavy (non-hydrogen) atoms. The van der Waals surface area contributed by atoms with Gasteiger partial charge in [-0.15, -0.1) is 0 Å². The molecule has 0 aliphatic rings. The summed E-state index contributed by atoms with van der Waals surface area (Å²) in [5.41, 5.74) is 0. The van der Waals surface area contributed by atoms with Crippen LogP contribution in [0.25, 0.3) is 0 Å². The first-order chi connectivity index (χ1) is 36.5. The van der Waals surface area contributed by atoms with E-state index in [4.69, 9.17) is 14.2 Å². The van der Waals surface area contributed by atoms with Gasteiger partial charge in [0.15, 0.2) is 6.10 Å². The number of allylic oxidation sites excluding steroid dienone is 2. The van der Waals surface area contributed by atoms with E-state index >= 15 is 0 Å². The number of hydrogen-bond acceptors (Lipinski definition) is 6. The average Bonchev–Trinajstić information content (AvgIpc) is 3.40. The molecule has 0 fully saturated rings. The van der Waals surface area contributed by atoms with E-state index in [2.05, 4.69) is 32.9 Å². The van der Waals surface area contributed by atoms with Crippen molar-refractivity contribution in [3.63, 3.8) is 0 Å². The van der Waals surface area contributed by atoms with Crippen molar-refractivity contribution in [1.29, 1.82) is 0 Å². The van der Waals surface area contributed by atoms with E-state index in [9.17, 15) is 14.4 Å². The maximum atomic E-state index is 12.9. The van der Waals surface area contributed by atoms with Crippen LogP contribution in [-0.4, -0.2) is 37.2 Å². The van der Waals surface area contributed by atoms with Gasteiger partial charge in [-0.1, -0.05) is 335 Å². The lowest BCUT2D eigenvalue weighted by atomic mass is 10.0. The van der Waals surface area contributed by atoms with Gasteiger partial charge in [0.05, 0.1) is 0 Å². The van der Waals surface area contributed by atoms with Crippen LogP contribution in [0.3, 0.4) is 0 Å². The lowest BCUT2D eigenvalue weighted by Gasteiger charge is -2.18. The second-order valence-electron chi connectivity index (χ2n) is 23.1. The molecule has 1 unspecified atom stereocenters. The molecule has 0 aromatic heterocycles. The van der Waals surface area contributed by atoms with E-state index in [0.29, 0.717) is 19.3 Å². The summed E-state index contributed by atoms with van der Waals surface area (Å²) >= 11 is 0. The van der Waals surface area contributed by atoms with E-state index in [-0.39, 0.29) is 31.1 Å². The van der Waals surface area contributed by atoms with Crippen molar-refractivity contribution in [2.75, 3.05) is 13.2 Å². The number of rotatable bonds is 63. The molecule has 0 rings (SSSR count). The largest absolute Gasteiger partial charge is 0.462 e. The van der Waals surface area contributed by atoms with Gasteiger partial charge in [-0.2, -0.15) is 0 Å². The van der Waals surface area contributed by atoms with E-state index < -0.39 is 6.10 Å². The second kappa shape index (κ2) is 63.7. The topological polar surface area (TPSA) is 78.9 Å². The summed E-state index contributed by atoms with van der Waals surface area (Å²) in [5.74, 6) is -0.835. The second-order valence-corrected chi connectivity index (χ2v) is 23.1. The summed E-state index contributed by atoms with van der Waals surface area (Å²) in [7, 11) is 0. The molecule has 0 aromatic carbocycles. The predicted octanol–water partition coefficient (Wildman–Crippen LogP) is 22.8. The minimum atomic E-state index is -0.765. The first-order valence-electron chi connectivity index (χ1n) is 33.7. The fraction of sp³-hybridized carbons (Fsp3) is 0.926. The third kappa shape index (κ3) is 61.0. The predicted molar refractivity (Wildman–Crippen MR) is 321 cm³/mol. The maximum Gasteiger partial charge on any atom is 0.306 e. The fourth-order valence-corrected chi connectivity index (χ4v) is 10.4. The van der Waals surface area contributed by atoms with Crippen LogP contribution in [0.4, 0.5) is 0 Å². The molecule has 0 saturated carbocycles. The number of carbonyl (C=O) groups is 3. The van der Waals surface area contributed by atoms with Gasteiger partial charge in [0, 0.05) is 19.3 Å². The molecule has 0 spiro atoms. The third-order valence-electron chi connectivity index (χ3n) is 15.5. The molecule has 0 N–H and O–H groups in total. The molecule has 0 bridgehead atoms. The minimum Gasteiger partial charge on any atom is -0.462 e. The SMILES string of the molecule is CCCCCCCCCC/C=C\CCCCCCCCCCCCCC(=O)OCC(COC(=O)CCCCCCCCCCCC)OC(=O)CCCCCCCCCCCCCCCCCCCCCCCCC. The minimum absolute atomic E-state index is 0.0637. The Morgan fingerprint density at radius 3 is 0.676 bits per heavy atom. The molecule has 0 aliphatic carbocycles. The monoisotopic (exact) mass is 1040 g/mol. The Hall–Kier alpha value is -1.85. The summed E-state index contributed by atoms with van der Waals surface area (Å²) < 4.78 is 16.9. The van der Waals surface area contributed by atoms with E-state index in [0.717, 1.165) is 57.8 Å². The van der Waals surface area contributed by atoms with E-state index in [1.165, 1.54) is 289 Å². The molecule has 0 amide bonds.